The average Bonchev–Trinajstić information content (AvgIpc) is 3.29. The number of nitrogens with two attached hydrogens (primary N) is 1. The fourth-order valence-electron chi connectivity index (χ4n) is 3.18. The van der Waals surface area contributed by atoms with Crippen LogP contribution in [0.25, 0.3) is 32.7 Å². The average molecular weight is 397 g/mol. The molecule has 1 fully saturated rings. The molecule has 27 heavy (non-hydrogen) atoms. The first-order valence-corrected chi connectivity index (χ1v) is 10.6. The molecule has 0 saturated heterocycles. The van der Waals surface area contributed by atoms with E-state index in [0.29, 0.717) is 5.69 Å². The summed E-state index contributed by atoms with van der Waals surface area (Å²) in [6, 6.07) is 3.83. The van der Waals surface area contributed by atoms with Crippen LogP contribution in [-0.2, 0) is 11.2 Å². The molecular weight excluding hydrogens is 380 g/mol. The molecule has 0 aliphatic heterocycles. The standard InChI is InChI=1S/C18H16N6OS2/c19-16-15-12(13-4-5-22-24-13)6-14(10-7-20-9-21-8-10)23-17(15)26-18(16)27(25)11-2-1-3-11/h4-9,11H,1-3,19H2,(H,22,24). The van der Waals surface area contributed by atoms with Gasteiger partial charge in [0.2, 0.25) is 4.21 Å². The Morgan fingerprint density at radius 1 is 1.22 bits per heavy atom. The van der Waals surface area contributed by atoms with E-state index in [1.54, 1.807) is 18.6 Å². The molecule has 4 aromatic rings. The number of rotatable bonds is 4. The number of pyridine rings is 1. The van der Waals surface area contributed by atoms with Crippen LogP contribution >= 0.6 is 11.3 Å². The molecule has 5 rings (SSSR count). The summed E-state index contributed by atoms with van der Waals surface area (Å²) in [5.41, 5.74) is 10.2. The van der Waals surface area contributed by atoms with Gasteiger partial charge in [-0.1, -0.05) is 11.3 Å². The van der Waals surface area contributed by atoms with E-state index >= 15 is 0 Å². The first-order chi connectivity index (χ1) is 13.2. The van der Waals surface area contributed by atoms with Crippen LogP contribution < -0.4 is 5.73 Å². The van der Waals surface area contributed by atoms with E-state index in [9.17, 15) is 4.55 Å². The van der Waals surface area contributed by atoms with Gasteiger partial charge in [-0.05, 0) is 31.4 Å². The van der Waals surface area contributed by atoms with Crippen molar-refractivity contribution in [2.75, 3.05) is 5.73 Å². The zero-order valence-electron chi connectivity index (χ0n) is 14.3. The lowest BCUT2D eigenvalue weighted by atomic mass is 10.0. The molecule has 136 valence electrons. The quantitative estimate of drug-likeness (QED) is 0.511. The van der Waals surface area contributed by atoms with Crippen LogP contribution in [0.4, 0.5) is 5.69 Å². The van der Waals surface area contributed by atoms with Gasteiger partial charge >= 0.3 is 0 Å². The van der Waals surface area contributed by atoms with Crippen LogP contribution in [0, 0.1) is 0 Å². The van der Waals surface area contributed by atoms with Crippen molar-refractivity contribution >= 4 is 38.4 Å². The molecule has 4 aromatic heterocycles. The number of aromatic nitrogens is 5. The lowest BCUT2D eigenvalue weighted by Crippen LogP contribution is -2.28. The minimum absolute atomic E-state index is 0.205. The summed E-state index contributed by atoms with van der Waals surface area (Å²) < 4.78 is 13.7. The molecule has 1 unspecified atom stereocenters. The second-order valence-electron chi connectivity index (χ2n) is 6.48. The molecule has 9 heteroatoms. The molecule has 1 aliphatic rings. The summed E-state index contributed by atoms with van der Waals surface area (Å²) >= 11 is 0.324. The third-order valence-electron chi connectivity index (χ3n) is 4.84. The highest BCUT2D eigenvalue weighted by Crippen LogP contribution is 2.45. The number of nitrogens with one attached hydrogen (secondary N) is 1. The Morgan fingerprint density at radius 2 is 2.04 bits per heavy atom. The van der Waals surface area contributed by atoms with Gasteiger partial charge in [0.1, 0.15) is 22.1 Å². The molecule has 0 spiro atoms. The van der Waals surface area contributed by atoms with Gasteiger partial charge in [-0.3, -0.25) is 5.10 Å². The molecule has 0 amide bonds. The van der Waals surface area contributed by atoms with Crippen LogP contribution in [0.2, 0.25) is 0 Å². The Morgan fingerprint density at radius 3 is 2.70 bits per heavy atom. The molecule has 0 bridgehead atoms. The van der Waals surface area contributed by atoms with Crippen molar-refractivity contribution < 1.29 is 4.55 Å². The number of thiophene rings is 1. The summed E-state index contributed by atoms with van der Waals surface area (Å²) in [5.74, 6) is 0. The minimum atomic E-state index is -1.09. The normalized spacial score (nSPS) is 15.7. The van der Waals surface area contributed by atoms with E-state index in [0.717, 1.165) is 56.2 Å². The van der Waals surface area contributed by atoms with Gasteiger partial charge in [-0.25, -0.2) is 15.0 Å². The first-order valence-electron chi connectivity index (χ1n) is 8.61. The highest BCUT2D eigenvalue weighted by molar-refractivity contribution is 7.94. The van der Waals surface area contributed by atoms with Gasteiger partial charge in [-0.15, -0.1) is 0 Å². The lowest BCUT2D eigenvalue weighted by molar-refractivity contribution is 0.478. The summed E-state index contributed by atoms with van der Waals surface area (Å²) in [6.07, 6.45) is 9.82. The summed E-state index contributed by atoms with van der Waals surface area (Å²) in [4.78, 5) is 13.7. The van der Waals surface area contributed by atoms with E-state index in [1.807, 2.05) is 12.1 Å². The van der Waals surface area contributed by atoms with E-state index in [1.165, 1.54) is 17.7 Å². The second kappa shape index (κ2) is 6.59. The zero-order valence-corrected chi connectivity index (χ0v) is 15.9. The molecule has 7 nitrogen and oxygen atoms in total. The number of aromatic amines is 1. The Bertz CT molecular complexity index is 1090. The predicted octanol–water partition coefficient (Wildman–Crippen LogP) is 3.39. The van der Waals surface area contributed by atoms with Gasteiger partial charge in [0.05, 0.1) is 11.4 Å². The monoisotopic (exact) mass is 396 g/mol. The Balaban J connectivity index is 1.74. The van der Waals surface area contributed by atoms with Crippen LogP contribution in [0.3, 0.4) is 0 Å². The third kappa shape index (κ3) is 2.78. The lowest BCUT2D eigenvalue weighted by Gasteiger charge is -2.26. The Kier molecular flexibility index (Phi) is 4.07. The molecule has 1 atom stereocenters. The Hall–Kier alpha value is -2.49. The maximum absolute atomic E-state index is 12.9. The SMILES string of the molecule is Nc1c([S+]([O-])C2CCC2)sc2nc(-c3cncnc3)cc(-c3cc[nH]n3)c12. The van der Waals surface area contributed by atoms with Crippen LogP contribution in [0.15, 0.2) is 41.3 Å². The van der Waals surface area contributed by atoms with Gasteiger partial charge in [0.25, 0.3) is 0 Å². The first kappa shape index (κ1) is 16.7. The second-order valence-corrected chi connectivity index (χ2v) is 9.40. The minimum Gasteiger partial charge on any atom is -0.611 e. The van der Waals surface area contributed by atoms with Crippen molar-refractivity contribution in [3.05, 3.63) is 37.1 Å². The van der Waals surface area contributed by atoms with E-state index < -0.39 is 11.2 Å². The van der Waals surface area contributed by atoms with Crippen molar-refractivity contribution in [3.63, 3.8) is 0 Å². The maximum Gasteiger partial charge on any atom is 0.232 e. The highest BCUT2D eigenvalue weighted by Gasteiger charge is 2.35. The molecule has 1 aliphatic carbocycles. The number of hydrogen-bond acceptors (Lipinski definition) is 7. The van der Waals surface area contributed by atoms with Gasteiger partial charge in [-0.2, -0.15) is 5.10 Å². The maximum atomic E-state index is 12.9. The molecule has 0 aromatic carbocycles. The highest BCUT2D eigenvalue weighted by atomic mass is 32.2. The number of fused-ring (bicyclic) bond motifs is 1. The molecular formula is C18H16N6OS2. The molecule has 3 N–H and O–H groups in total. The van der Waals surface area contributed by atoms with Crippen molar-refractivity contribution in [1.29, 1.82) is 0 Å². The third-order valence-corrected chi connectivity index (χ3v) is 8.13. The summed E-state index contributed by atoms with van der Waals surface area (Å²) in [6.45, 7) is 0. The molecule has 1 saturated carbocycles. The van der Waals surface area contributed by atoms with Gasteiger partial charge in [0.15, 0.2) is 0 Å². The summed E-state index contributed by atoms with van der Waals surface area (Å²) in [7, 11) is 0. The zero-order chi connectivity index (χ0) is 18.4. The van der Waals surface area contributed by atoms with Gasteiger partial charge < -0.3 is 10.3 Å². The number of anilines is 1. The van der Waals surface area contributed by atoms with Crippen molar-refractivity contribution in [1.82, 2.24) is 25.1 Å². The van der Waals surface area contributed by atoms with Crippen molar-refractivity contribution in [3.8, 4) is 22.5 Å². The number of hydrogen-bond donors (Lipinski definition) is 2. The topological polar surface area (TPSA) is 116 Å². The Labute approximate surface area is 162 Å². The number of nitrogen functional groups attached to an aromatic ring is 1. The molecule has 0 radical (unpaired) electrons. The smallest absolute Gasteiger partial charge is 0.232 e. The van der Waals surface area contributed by atoms with Crippen LogP contribution in [0.5, 0.6) is 0 Å². The molecule has 4 heterocycles. The fourth-order valence-corrected chi connectivity index (χ4v) is 6.39. The number of H-pyrrole nitrogens is 1. The van der Waals surface area contributed by atoms with Gasteiger partial charge in [0, 0.05) is 46.3 Å². The largest absolute Gasteiger partial charge is 0.611 e. The van der Waals surface area contributed by atoms with Crippen LogP contribution in [0.1, 0.15) is 19.3 Å². The van der Waals surface area contributed by atoms with Crippen molar-refractivity contribution in [2.24, 2.45) is 0 Å². The van der Waals surface area contributed by atoms with Crippen LogP contribution in [-0.4, -0.2) is 35.0 Å². The predicted molar refractivity (Wildman–Crippen MR) is 107 cm³/mol. The fraction of sp³-hybridized carbons (Fsp3) is 0.222. The van der Waals surface area contributed by atoms with E-state index in [-0.39, 0.29) is 5.25 Å². The van der Waals surface area contributed by atoms with E-state index in [4.69, 9.17) is 10.7 Å². The number of nitrogens with zero attached hydrogens (tertiary/aromatic N) is 4. The van der Waals surface area contributed by atoms with Crippen molar-refractivity contribution in [2.45, 2.75) is 28.7 Å². The van der Waals surface area contributed by atoms with E-state index in [2.05, 4.69) is 20.2 Å². The summed E-state index contributed by atoms with van der Waals surface area (Å²) in [5, 5.41) is 8.18.